The number of nitro groups is 1. The van der Waals surface area contributed by atoms with Crippen LogP contribution >= 0.6 is 0 Å². The van der Waals surface area contributed by atoms with Crippen LogP contribution in [-0.2, 0) is 9.47 Å². The highest BCUT2D eigenvalue weighted by Crippen LogP contribution is 2.27. The van der Waals surface area contributed by atoms with Crippen molar-refractivity contribution in [2.45, 2.75) is 20.1 Å². The van der Waals surface area contributed by atoms with E-state index in [0.717, 1.165) is 11.1 Å². The molecule has 0 saturated heterocycles. The summed E-state index contributed by atoms with van der Waals surface area (Å²) in [5.74, 6) is 0. The van der Waals surface area contributed by atoms with Gasteiger partial charge in [0.25, 0.3) is 5.69 Å². The van der Waals surface area contributed by atoms with E-state index in [0.29, 0.717) is 12.2 Å². The van der Waals surface area contributed by atoms with E-state index in [2.05, 4.69) is 5.32 Å². The zero-order chi connectivity index (χ0) is 13.7. The van der Waals surface area contributed by atoms with Gasteiger partial charge in [-0.05, 0) is 31.0 Å². The average Bonchev–Trinajstić information content (AvgIpc) is 2.34. The van der Waals surface area contributed by atoms with Gasteiger partial charge in [-0.2, -0.15) is 0 Å². The first-order valence-corrected chi connectivity index (χ1v) is 5.54. The number of hydrogen-bond acceptors (Lipinski definition) is 5. The Bertz CT molecular complexity index is 430. The van der Waals surface area contributed by atoms with Crippen LogP contribution < -0.4 is 5.32 Å². The molecule has 0 heterocycles. The predicted molar refractivity (Wildman–Crippen MR) is 68.9 cm³/mol. The Morgan fingerprint density at radius 2 is 1.83 bits per heavy atom. The van der Waals surface area contributed by atoms with E-state index in [1.54, 1.807) is 12.1 Å². The van der Waals surface area contributed by atoms with Gasteiger partial charge in [0.1, 0.15) is 5.69 Å². The number of benzene rings is 1. The Morgan fingerprint density at radius 3 is 2.33 bits per heavy atom. The van der Waals surface area contributed by atoms with Crippen molar-refractivity contribution in [2.24, 2.45) is 0 Å². The Balaban J connectivity index is 2.93. The summed E-state index contributed by atoms with van der Waals surface area (Å²) in [6, 6.07) is 3.32. The number of rotatable bonds is 6. The molecule has 1 aromatic rings. The van der Waals surface area contributed by atoms with E-state index in [-0.39, 0.29) is 5.69 Å². The minimum atomic E-state index is -0.439. The van der Waals surface area contributed by atoms with Crippen LogP contribution in [0.4, 0.5) is 11.4 Å². The number of nitrogens with one attached hydrogen (secondary N) is 1. The van der Waals surface area contributed by atoms with Crippen LogP contribution in [0.25, 0.3) is 0 Å². The van der Waals surface area contributed by atoms with E-state index in [4.69, 9.17) is 9.47 Å². The van der Waals surface area contributed by atoms with Crippen molar-refractivity contribution in [2.75, 3.05) is 26.1 Å². The highest BCUT2D eigenvalue weighted by Gasteiger charge is 2.16. The van der Waals surface area contributed by atoms with Crippen molar-refractivity contribution in [3.8, 4) is 0 Å². The van der Waals surface area contributed by atoms with Gasteiger partial charge in [-0.3, -0.25) is 10.1 Å². The summed E-state index contributed by atoms with van der Waals surface area (Å²) < 4.78 is 10.0. The predicted octanol–water partition coefficient (Wildman–Crippen LogP) is 2.24. The Hall–Kier alpha value is -1.66. The van der Waals surface area contributed by atoms with Crippen LogP contribution in [0, 0.1) is 24.0 Å². The molecule has 0 aromatic heterocycles. The minimum absolute atomic E-state index is 0.0593. The third-order valence-electron chi connectivity index (χ3n) is 2.79. The van der Waals surface area contributed by atoms with Gasteiger partial charge in [0.05, 0.1) is 11.5 Å². The molecule has 0 aliphatic rings. The molecule has 18 heavy (non-hydrogen) atoms. The molecule has 0 bridgehead atoms. The third-order valence-corrected chi connectivity index (χ3v) is 2.79. The van der Waals surface area contributed by atoms with E-state index >= 15 is 0 Å². The molecule has 0 unspecified atom stereocenters. The number of anilines is 1. The highest BCUT2D eigenvalue weighted by atomic mass is 16.7. The minimum Gasteiger partial charge on any atom is -0.374 e. The second kappa shape index (κ2) is 6.32. The molecular formula is C12H18N2O4. The average molecular weight is 254 g/mol. The Morgan fingerprint density at radius 1 is 1.28 bits per heavy atom. The molecule has 0 amide bonds. The molecule has 0 aliphatic heterocycles. The second-order valence-electron chi connectivity index (χ2n) is 3.99. The van der Waals surface area contributed by atoms with Crippen molar-refractivity contribution in [3.05, 3.63) is 33.4 Å². The van der Waals surface area contributed by atoms with Gasteiger partial charge >= 0.3 is 0 Å². The molecule has 6 nitrogen and oxygen atoms in total. The number of hydrogen-bond donors (Lipinski definition) is 1. The fourth-order valence-corrected chi connectivity index (χ4v) is 1.55. The second-order valence-corrected chi connectivity index (χ2v) is 3.99. The molecule has 0 saturated carbocycles. The van der Waals surface area contributed by atoms with Gasteiger partial charge in [-0.15, -0.1) is 0 Å². The van der Waals surface area contributed by atoms with Gasteiger partial charge in [0.15, 0.2) is 6.29 Å². The summed E-state index contributed by atoms with van der Waals surface area (Å²) in [7, 11) is 3.04. The number of aryl methyl sites for hydroxylation is 2. The topological polar surface area (TPSA) is 73.6 Å². The maximum Gasteiger partial charge on any atom is 0.292 e. The molecule has 0 spiro atoms. The fourth-order valence-electron chi connectivity index (χ4n) is 1.55. The van der Waals surface area contributed by atoms with Gasteiger partial charge in [0.2, 0.25) is 0 Å². The number of ether oxygens (including phenoxy) is 2. The van der Waals surface area contributed by atoms with Gasteiger partial charge in [-0.25, -0.2) is 0 Å². The monoisotopic (exact) mass is 254 g/mol. The van der Waals surface area contributed by atoms with Crippen molar-refractivity contribution >= 4 is 11.4 Å². The summed E-state index contributed by atoms with van der Waals surface area (Å²) in [6.07, 6.45) is -0.439. The summed E-state index contributed by atoms with van der Waals surface area (Å²) in [6.45, 7) is 4.10. The zero-order valence-electron chi connectivity index (χ0n) is 11.0. The van der Waals surface area contributed by atoms with Crippen LogP contribution in [0.3, 0.4) is 0 Å². The first-order chi connectivity index (χ1) is 8.49. The molecule has 0 fully saturated rings. The maximum absolute atomic E-state index is 11.0. The molecular weight excluding hydrogens is 236 g/mol. The van der Waals surface area contributed by atoms with Crippen molar-refractivity contribution in [1.82, 2.24) is 0 Å². The largest absolute Gasteiger partial charge is 0.374 e. The van der Waals surface area contributed by atoms with E-state index in [1.165, 1.54) is 14.2 Å². The van der Waals surface area contributed by atoms with Crippen LogP contribution in [0.1, 0.15) is 11.1 Å². The lowest BCUT2D eigenvalue weighted by Crippen LogP contribution is -2.24. The molecule has 1 aromatic carbocycles. The van der Waals surface area contributed by atoms with E-state index < -0.39 is 11.2 Å². The van der Waals surface area contributed by atoms with Gasteiger partial charge in [-0.1, -0.05) is 0 Å². The van der Waals surface area contributed by atoms with E-state index in [9.17, 15) is 10.1 Å². The van der Waals surface area contributed by atoms with Gasteiger partial charge < -0.3 is 14.8 Å². The van der Waals surface area contributed by atoms with Crippen molar-refractivity contribution in [3.63, 3.8) is 0 Å². The standard InChI is InChI=1S/C12H18N2O4/c1-8-5-10(13-7-12(17-3)18-4)11(14(15)16)6-9(8)2/h5-6,12-13H,7H2,1-4H3. The Labute approximate surface area is 106 Å². The third kappa shape index (κ3) is 3.41. The summed E-state index contributed by atoms with van der Waals surface area (Å²) in [5, 5.41) is 13.9. The molecule has 1 N–H and O–H groups in total. The SMILES string of the molecule is COC(CNc1cc(C)c(C)cc1[N+](=O)[O-])OC. The molecule has 0 radical (unpaired) electrons. The van der Waals surface area contributed by atoms with E-state index in [1.807, 2.05) is 13.8 Å². The highest BCUT2D eigenvalue weighted by molar-refractivity contribution is 5.64. The Kier molecular flexibility index (Phi) is 5.06. The number of nitrogens with zero attached hydrogens (tertiary/aromatic N) is 1. The maximum atomic E-state index is 11.0. The summed E-state index contributed by atoms with van der Waals surface area (Å²) in [4.78, 5) is 10.6. The van der Waals surface area contributed by atoms with Crippen LogP contribution in [0.15, 0.2) is 12.1 Å². The quantitative estimate of drug-likeness (QED) is 0.479. The smallest absolute Gasteiger partial charge is 0.292 e. The summed E-state index contributed by atoms with van der Waals surface area (Å²) >= 11 is 0. The lowest BCUT2D eigenvalue weighted by molar-refractivity contribution is -0.384. The molecule has 0 aliphatic carbocycles. The molecule has 1 rings (SSSR count). The van der Waals surface area contributed by atoms with Crippen molar-refractivity contribution in [1.29, 1.82) is 0 Å². The normalized spacial score (nSPS) is 10.7. The molecule has 6 heteroatoms. The lowest BCUT2D eigenvalue weighted by Gasteiger charge is -2.15. The molecule has 100 valence electrons. The zero-order valence-corrected chi connectivity index (χ0v) is 11.0. The molecule has 0 atom stereocenters. The fraction of sp³-hybridized carbons (Fsp3) is 0.500. The van der Waals surface area contributed by atoms with Crippen molar-refractivity contribution < 1.29 is 14.4 Å². The first kappa shape index (κ1) is 14.4. The number of nitro benzene ring substituents is 1. The van der Waals surface area contributed by atoms with Crippen LogP contribution in [0.2, 0.25) is 0 Å². The lowest BCUT2D eigenvalue weighted by atomic mass is 10.1. The van der Waals surface area contributed by atoms with Gasteiger partial charge in [0, 0.05) is 20.3 Å². The van der Waals surface area contributed by atoms with Crippen LogP contribution in [0.5, 0.6) is 0 Å². The first-order valence-electron chi connectivity index (χ1n) is 5.54. The van der Waals surface area contributed by atoms with Crippen LogP contribution in [-0.4, -0.2) is 32.0 Å². The summed E-state index contributed by atoms with van der Waals surface area (Å²) in [5.41, 5.74) is 2.42. The number of methoxy groups -OCH3 is 2.